The summed E-state index contributed by atoms with van der Waals surface area (Å²) < 4.78 is 6.49. The zero-order valence-corrected chi connectivity index (χ0v) is 11.5. The highest BCUT2D eigenvalue weighted by atomic mass is 79.9. The highest BCUT2D eigenvalue weighted by molar-refractivity contribution is 9.10. The molecular weight excluding hydrogens is 268 g/mol. The largest absolute Gasteiger partial charge is 0.381 e. The average molecular weight is 287 g/mol. The second kappa shape index (κ2) is 7.63. The number of hydrogen-bond donors (Lipinski definition) is 1. The van der Waals surface area contributed by atoms with Gasteiger partial charge in [0.2, 0.25) is 0 Å². The summed E-state index contributed by atoms with van der Waals surface area (Å²) in [4.78, 5) is 4.07. The quantitative estimate of drug-likeness (QED) is 0.781. The van der Waals surface area contributed by atoms with E-state index < -0.39 is 0 Å². The maximum Gasteiger partial charge on any atom is 0.0639 e. The zero-order valence-electron chi connectivity index (χ0n) is 9.87. The highest BCUT2D eigenvalue weighted by Crippen LogP contribution is 2.12. The Bertz CT molecular complexity index is 305. The van der Waals surface area contributed by atoms with Gasteiger partial charge in [-0.1, -0.05) is 13.8 Å². The second-order valence-electron chi connectivity index (χ2n) is 4.11. The Balaban J connectivity index is 2.07. The van der Waals surface area contributed by atoms with Crippen LogP contribution < -0.4 is 5.32 Å². The molecule has 0 saturated heterocycles. The number of rotatable bonds is 7. The summed E-state index contributed by atoms with van der Waals surface area (Å²) in [5.74, 6) is 0.710. The monoisotopic (exact) mass is 286 g/mol. The van der Waals surface area contributed by atoms with Gasteiger partial charge in [-0.25, -0.2) is 0 Å². The molecule has 0 aliphatic rings. The minimum Gasteiger partial charge on any atom is -0.381 e. The van der Waals surface area contributed by atoms with Gasteiger partial charge in [0.25, 0.3) is 0 Å². The van der Waals surface area contributed by atoms with Crippen molar-refractivity contribution < 1.29 is 4.74 Å². The van der Waals surface area contributed by atoms with Gasteiger partial charge in [0.1, 0.15) is 0 Å². The van der Waals surface area contributed by atoms with Gasteiger partial charge in [0.15, 0.2) is 0 Å². The molecule has 1 aromatic heterocycles. The fourth-order valence-electron chi connectivity index (χ4n) is 1.20. The number of hydrogen-bond acceptors (Lipinski definition) is 3. The lowest BCUT2D eigenvalue weighted by Gasteiger charge is -2.08. The van der Waals surface area contributed by atoms with Crippen LogP contribution in [-0.2, 0) is 4.74 Å². The molecule has 90 valence electrons. The molecule has 0 unspecified atom stereocenters. The van der Waals surface area contributed by atoms with E-state index >= 15 is 0 Å². The van der Waals surface area contributed by atoms with Crippen molar-refractivity contribution >= 4 is 21.6 Å². The van der Waals surface area contributed by atoms with Crippen LogP contribution in [0.3, 0.4) is 0 Å². The van der Waals surface area contributed by atoms with Crippen LogP contribution in [0.4, 0.5) is 5.69 Å². The van der Waals surface area contributed by atoms with E-state index in [0.717, 1.165) is 36.3 Å². The van der Waals surface area contributed by atoms with Crippen LogP contribution in [0.5, 0.6) is 0 Å². The molecule has 0 aromatic carbocycles. The van der Waals surface area contributed by atoms with E-state index in [1.807, 2.05) is 6.07 Å². The standard InChI is InChI=1S/C12H19BrN2O/c1-10(2)3-5-16-6-4-15-12-7-11(13)8-14-9-12/h7-10,15H,3-6H2,1-2H3. The fourth-order valence-corrected chi connectivity index (χ4v) is 1.56. The Morgan fingerprint density at radius 2 is 2.19 bits per heavy atom. The number of anilines is 1. The van der Waals surface area contributed by atoms with E-state index in [1.54, 1.807) is 12.4 Å². The molecule has 0 atom stereocenters. The number of pyridine rings is 1. The average Bonchev–Trinajstić information content (AvgIpc) is 2.23. The molecule has 0 radical (unpaired) electrons. The first kappa shape index (κ1) is 13.5. The molecule has 3 nitrogen and oxygen atoms in total. The predicted octanol–water partition coefficient (Wildman–Crippen LogP) is 3.32. The topological polar surface area (TPSA) is 34.1 Å². The molecule has 1 N–H and O–H groups in total. The fraction of sp³-hybridized carbons (Fsp3) is 0.583. The van der Waals surface area contributed by atoms with Crippen LogP contribution in [0.1, 0.15) is 20.3 Å². The summed E-state index contributed by atoms with van der Waals surface area (Å²) in [6, 6.07) is 2.00. The van der Waals surface area contributed by atoms with Crippen molar-refractivity contribution in [3.63, 3.8) is 0 Å². The van der Waals surface area contributed by atoms with Crippen LogP contribution in [-0.4, -0.2) is 24.7 Å². The lowest BCUT2D eigenvalue weighted by molar-refractivity contribution is 0.132. The summed E-state index contributed by atoms with van der Waals surface area (Å²) in [5, 5.41) is 3.26. The summed E-state index contributed by atoms with van der Waals surface area (Å²) in [5.41, 5.74) is 1.02. The van der Waals surface area contributed by atoms with Crippen molar-refractivity contribution in [3.8, 4) is 0 Å². The highest BCUT2D eigenvalue weighted by Gasteiger charge is 1.95. The molecule has 0 amide bonds. The molecule has 0 saturated carbocycles. The lowest BCUT2D eigenvalue weighted by atomic mass is 10.1. The minimum absolute atomic E-state index is 0.710. The van der Waals surface area contributed by atoms with Crippen molar-refractivity contribution in [3.05, 3.63) is 22.9 Å². The maximum absolute atomic E-state index is 5.50. The summed E-state index contributed by atoms with van der Waals surface area (Å²) >= 11 is 3.38. The van der Waals surface area contributed by atoms with Crippen LogP contribution >= 0.6 is 15.9 Å². The van der Waals surface area contributed by atoms with Gasteiger partial charge in [0.05, 0.1) is 18.5 Å². The van der Waals surface area contributed by atoms with Crippen LogP contribution in [0.25, 0.3) is 0 Å². The number of halogens is 1. The van der Waals surface area contributed by atoms with Gasteiger partial charge in [-0.3, -0.25) is 4.98 Å². The third-order valence-electron chi connectivity index (χ3n) is 2.12. The second-order valence-corrected chi connectivity index (χ2v) is 5.03. The molecule has 1 rings (SSSR count). The minimum atomic E-state index is 0.710. The predicted molar refractivity (Wildman–Crippen MR) is 70.7 cm³/mol. The van der Waals surface area contributed by atoms with Crippen LogP contribution in [0.15, 0.2) is 22.9 Å². The molecule has 4 heteroatoms. The van der Waals surface area contributed by atoms with Gasteiger partial charge in [-0.15, -0.1) is 0 Å². The number of nitrogens with zero attached hydrogens (tertiary/aromatic N) is 1. The normalized spacial score (nSPS) is 10.8. The van der Waals surface area contributed by atoms with Crippen molar-refractivity contribution in [1.29, 1.82) is 0 Å². The number of aromatic nitrogens is 1. The Labute approximate surface area is 106 Å². The molecule has 0 aliphatic heterocycles. The Morgan fingerprint density at radius 1 is 1.38 bits per heavy atom. The molecule has 0 spiro atoms. The number of nitrogens with one attached hydrogen (secondary N) is 1. The van der Waals surface area contributed by atoms with Gasteiger partial charge in [-0.2, -0.15) is 0 Å². The molecule has 0 fully saturated rings. The molecule has 0 bridgehead atoms. The third-order valence-corrected chi connectivity index (χ3v) is 2.55. The molecular formula is C12H19BrN2O. The summed E-state index contributed by atoms with van der Waals surface area (Å²) in [7, 11) is 0. The summed E-state index contributed by atoms with van der Waals surface area (Å²) in [6.45, 7) is 6.80. The van der Waals surface area contributed by atoms with Crippen LogP contribution in [0.2, 0.25) is 0 Å². The first-order valence-electron chi connectivity index (χ1n) is 5.60. The van der Waals surface area contributed by atoms with Gasteiger partial charge >= 0.3 is 0 Å². The molecule has 0 aliphatic carbocycles. The van der Waals surface area contributed by atoms with E-state index in [2.05, 4.69) is 40.1 Å². The first-order valence-corrected chi connectivity index (χ1v) is 6.40. The van der Waals surface area contributed by atoms with Crippen molar-refractivity contribution in [2.24, 2.45) is 5.92 Å². The Kier molecular flexibility index (Phi) is 6.42. The third kappa shape index (κ3) is 6.08. The van der Waals surface area contributed by atoms with E-state index in [0.29, 0.717) is 5.92 Å². The maximum atomic E-state index is 5.50. The van der Waals surface area contributed by atoms with E-state index in [9.17, 15) is 0 Å². The Morgan fingerprint density at radius 3 is 2.88 bits per heavy atom. The van der Waals surface area contributed by atoms with E-state index in [1.165, 1.54) is 0 Å². The zero-order chi connectivity index (χ0) is 11.8. The molecule has 16 heavy (non-hydrogen) atoms. The van der Waals surface area contributed by atoms with Crippen molar-refractivity contribution in [2.75, 3.05) is 25.1 Å². The first-order chi connectivity index (χ1) is 7.68. The summed E-state index contributed by atoms with van der Waals surface area (Å²) in [6.07, 6.45) is 4.70. The lowest BCUT2D eigenvalue weighted by Crippen LogP contribution is -2.10. The SMILES string of the molecule is CC(C)CCOCCNc1cncc(Br)c1. The Hall–Kier alpha value is -0.610. The van der Waals surface area contributed by atoms with Crippen molar-refractivity contribution in [1.82, 2.24) is 4.98 Å². The smallest absolute Gasteiger partial charge is 0.0639 e. The molecule has 1 heterocycles. The van der Waals surface area contributed by atoms with Crippen molar-refractivity contribution in [2.45, 2.75) is 20.3 Å². The van der Waals surface area contributed by atoms with Gasteiger partial charge < -0.3 is 10.1 Å². The van der Waals surface area contributed by atoms with Gasteiger partial charge in [-0.05, 0) is 34.3 Å². The van der Waals surface area contributed by atoms with Crippen LogP contribution in [0, 0.1) is 5.92 Å². The number of ether oxygens (including phenoxy) is 1. The van der Waals surface area contributed by atoms with E-state index in [4.69, 9.17) is 4.74 Å². The van der Waals surface area contributed by atoms with E-state index in [-0.39, 0.29) is 0 Å². The van der Waals surface area contributed by atoms with Gasteiger partial charge in [0, 0.05) is 23.8 Å². The molecule has 1 aromatic rings.